The molecule has 0 saturated heterocycles. The molecular formula is C13H23NO2. The summed E-state index contributed by atoms with van der Waals surface area (Å²) in [5.74, 6) is -0.0257. The van der Waals surface area contributed by atoms with Gasteiger partial charge in [-0.25, -0.2) is 0 Å². The number of nitrogens with one attached hydrogen (secondary N) is 1. The molecule has 1 aliphatic carbocycles. The lowest BCUT2D eigenvalue weighted by Gasteiger charge is -2.23. The molecule has 1 rings (SSSR count). The lowest BCUT2D eigenvalue weighted by atomic mass is 9.85. The molecule has 1 aliphatic rings. The normalized spacial score (nSPS) is 15.6. The van der Waals surface area contributed by atoms with E-state index in [0.29, 0.717) is 6.42 Å². The lowest BCUT2D eigenvalue weighted by Crippen LogP contribution is -2.38. The summed E-state index contributed by atoms with van der Waals surface area (Å²) in [5, 5.41) is 2.49. The van der Waals surface area contributed by atoms with E-state index in [4.69, 9.17) is 0 Å². The van der Waals surface area contributed by atoms with Crippen LogP contribution in [0.2, 0.25) is 0 Å². The minimum atomic E-state index is -0.0894. The Labute approximate surface area is 98.0 Å². The molecule has 0 aromatic heterocycles. The van der Waals surface area contributed by atoms with Gasteiger partial charge in [0.15, 0.2) is 0 Å². The van der Waals surface area contributed by atoms with Crippen LogP contribution in [0.1, 0.15) is 64.7 Å². The average Bonchev–Trinajstić information content (AvgIpc) is 2.14. The molecule has 1 fully saturated rings. The molecule has 0 heterocycles. The van der Waals surface area contributed by atoms with Gasteiger partial charge in [-0.15, -0.1) is 0 Å². The molecule has 0 bridgehead atoms. The van der Waals surface area contributed by atoms with Crippen molar-refractivity contribution in [2.24, 2.45) is 5.92 Å². The van der Waals surface area contributed by atoms with Gasteiger partial charge in [-0.2, -0.15) is 0 Å². The van der Waals surface area contributed by atoms with Crippen molar-refractivity contribution in [3.8, 4) is 0 Å². The number of rotatable bonds is 7. The van der Waals surface area contributed by atoms with E-state index >= 15 is 0 Å². The Kier molecular flexibility index (Phi) is 6.12. The Morgan fingerprint density at radius 3 is 2.38 bits per heavy atom. The SMILES string of the molecule is CCCCCCCC(=O)NC(=O)C1CCC1. The fraction of sp³-hybridized carbons (Fsp3) is 0.846. The molecule has 0 unspecified atom stereocenters. The number of carbonyl (C=O) groups excluding carboxylic acids is 2. The van der Waals surface area contributed by atoms with E-state index in [0.717, 1.165) is 32.1 Å². The zero-order valence-corrected chi connectivity index (χ0v) is 10.3. The molecule has 2 amide bonds. The van der Waals surface area contributed by atoms with E-state index in [1.54, 1.807) is 0 Å². The van der Waals surface area contributed by atoms with Gasteiger partial charge in [0.1, 0.15) is 0 Å². The highest BCUT2D eigenvalue weighted by Gasteiger charge is 2.26. The van der Waals surface area contributed by atoms with Crippen molar-refractivity contribution >= 4 is 11.8 Å². The van der Waals surface area contributed by atoms with E-state index in [1.165, 1.54) is 19.3 Å². The van der Waals surface area contributed by atoms with Crippen molar-refractivity contribution in [1.29, 1.82) is 0 Å². The first kappa shape index (κ1) is 13.2. The monoisotopic (exact) mass is 225 g/mol. The average molecular weight is 225 g/mol. The third kappa shape index (κ3) is 4.77. The third-order valence-corrected chi connectivity index (χ3v) is 3.25. The van der Waals surface area contributed by atoms with Crippen LogP contribution >= 0.6 is 0 Å². The van der Waals surface area contributed by atoms with Crippen molar-refractivity contribution in [2.75, 3.05) is 0 Å². The van der Waals surface area contributed by atoms with Crippen LogP contribution in [0.15, 0.2) is 0 Å². The lowest BCUT2D eigenvalue weighted by molar-refractivity contribution is -0.134. The van der Waals surface area contributed by atoms with Gasteiger partial charge in [-0.3, -0.25) is 14.9 Å². The minimum Gasteiger partial charge on any atom is -0.296 e. The number of imide groups is 1. The van der Waals surface area contributed by atoms with Gasteiger partial charge in [0.2, 0.25) is 11.8 Å². The summed E-state index contributed by atoms with van der Waals surface area (Å²) in [5.41, 5.74) is 0. The van der Waals surface area contributed by atoms with Gasteiger partial charge >= 0.3 is 0 Å². The van der Waals surface area contributed by atoms with E-state index in [1.807, 2.05) is 0 Å². The van der Waals surface area contributed by atoms with Crippen LogP contribution in [0.4, 0.5) is 0 Å². The van der Waals surface area contributed by atoms with Gasteiger partial charge in [0, 0.05) is 12.3 Å². The summed E-state index contributed by atoms with van der Waals surface area (Å²) in [4.78, 5) is 22.8. The van der Waals surface area contributed by atoms with Crippen molar-refractivity contribution < 1.29 is 9.59 Å². The number of unbranched alkanes of at least 4 members (excludes halogenated alkanes) is 4. The Hall–Kier alpha value is -0.860. The van der Waals surface area contributed by atoms with Crippen molar-refractivity contribution in [2.45, 2.75) is 64.7 Å². The highest BCUT2D eigenvalue weighted by Crippen LogP contribution is 2.26. The molecule has 0 aromatic rings. The summed E-state index contributed by atoms with van der Waals surface area (Å²) in [6, 6.07) is 0. The predicted octanol–water partition coefficient (Wildman–Crippen LogP) is 2.79. The fourth-order valence-electron chi connectivity index (χ4n) is 1.86. The summed E-state index contributed by atoms with van der Waals surface area (Å²) in [6.07, 6.45) is 9.19. The molecule has 3 nitrogen and oxygen atoms in total. The van der Waals surface area contributed by atoms with Crippen LogP contribution in [0, 0.1) is 5.92 Å². The molecule has 16 heavy (non-hydrogen) atoms. The zero-order chi connectivity index (χ0) is 11.8. The van der Waals surface area contributed by atoms with Gasteiger partial charge < -0.3 is 0 Å². The summed E-state index contributed by atoms with van der Waals surface area (Å²) in [7, 11) is 0. The Morgan fingerprint density at radius 2 is 1.81 bits per heavy atom. The minimum absolute atomic E-state index is 0.0511. The Morgan fingerprint density at radius 1 is 1.12 bits per heavy atom. The molecule has 3 heteroatoms. The van der Waals surface area contributed by atoms with Gasteiger partial charge in [0.05, 0.1) is 0 Å². The first-order valence-corrected chi connectivity index (χ1v) is 6.57. The van der Waals surface area contributed by atoms with Crippen molar-refractivity contribution in [1.82, 2.24) is 5.32 Å². The Bertz CT molecular complexity index is 234. The number of hydrogen-bond donors (Lipinski definition) is 1. The maximum atomic E-state index is 11.4. The summed E-state index contributed by atoms with van der Waals surface area (Å²) in [6.45, 7) is 2.17. The van der Waals surface area contributed by atoms with Crippen LogP contribution in [0.3, 0.4) is 0 Å². The van der Waals surface area contributed by atoms with E-state index in [9.17, 15) is 9.59 Å². The molecule has 0 radical (unpaired) electrons. The molecule has 1 saturated carbocycles. The van der Waals surface area contributed by atoms with Crippen LogP contribution in [0.25, 0.3) is 0 Å². The standard InChI is InChI=1S/C13H23NO2/c1-2-3-4-5-6-10-12(15)14-13(16)11-8-7-9-11/h11H,2-10H2,1H3,(H,14,15,16). The maximum Gasteiger partial charge on any atom is 0.229 e. The van der Waals surface area contributed by atoms with Crippen LogP contribution < -0.4 is 5.32 Å². The largest absolute Gasteiger partial charge is 0.296 e. The number of hydrogen-bond acceptors (Lipinski definition) is 2. The maximum absolute atomic E-state index is 11.4. The quantitative estimate of drug-likeness (QED) is 0.677. The second-order valence-electron chi connectivity index (χ2n) is 4.70. The van der Waals surface area contributed by atoms with Crippen molar-refractivity contribution in [3.05, 3.63) is 0 Å². The van der Waals surface area contributed by atoms with E-state index < -0.39 is 0 Å². The summed E-state index contributed by atoms with van der Waals surface area (Å²) >= 11 is 0. The first-order chi connectivity index (χ1) is 7.74. The fourth-order valence-corrected chi connectivity index (χ4v) is 1.86. The van der Waals surface area contributed by atoms with E-state index in [2.05, 4.69) is 12.2 Å². The summed E-state index contributed by atoms with van der Waals surface area (Å²) < 4.78 is 0. The number of amides is 2. The molecule has 0 spiro atoms. The topological polar surface area (TPSA) is 46.2 Å². The predicted molar refractivity (Wildman–Crippen MR) is 63.9 cm³/mol. The third-order valence-electron chi connectivity index (χ3n) is 3.25. The molecule has 0 aliphatic heterocycles. The first-order valence-electron chi connectivity index (χ1n) is 6.57. The van der Waals surface area contributed by atoms with Gasteiger partial charge in [-0.1, -0.05) is 39.0 Å². The smallest absolute Gasteiger partial charge is 0.229 e. The molecule has 0 atom stereocenters. The highest BCUT2D eigenvalue weighted by molar-refractivity contribution is 5.96. The van der Waals surface area contributed by atoms with Crippen LogP contribution in [-0.4, -0.2) is 11.8 Å². The van der Waals surface area contributed by atoms with Crippen LogP contribution in [-0.2, 0) is 9.59 Å². The molecule has 1 N–H and O–H groups in total. The van der Waals surface area contributed by atoms with Crippen LogP contribution in [0.5, 0.6) is 0 Å². The molecule has 0 aromatic carbocycles. The highest BCUT2D eigenvalue weighted by atomic mass is 16.2. The van der Waals surface area contributed by atoms with Crippen molar-refractivity contribution in [3.63, 3.8) is 0 Å². The molecule has 92 valence electrons. The molecular weight excluding hydrogens is 202 g/mol. The second kappa shape index (κ2) is 7.42. The van der Waals surface area contributed by atoms with E-state index in [-0.39, 0.29) is 17.7 Å². The zero-order valence-electron chi connectivity index (χ0n) is 10.3. The van der Waals surface area contributed by atoms with Gasteiger partial charge in [-0.05, 0) is 19.3 Å². The number of carbonyl (C=O) groups is 2. The second-order valence-corrected chi connectivity index (χ2v) is 4.70. The van der Waals surface area contributed by atoms with Gasteiger partial charge in [0.25, 0.3) is 0 Å². The Balaban J connectivity index is 1.99.